The van der Waals surface area contributed by atoms with E-state index in [4.69, 9.17) is 5.14 Å². The summed E-state index contributed by atoms with van der Waals surface area (Å²) in [5, 5.41) is 7.69. The highest BCUT2D eigenvalue weighted by Crippen LogP contribution is 2.16. The minimum atomic E-state index is -3.81. The predicted molar refractivity (Wildman–Crippen MR) is 72.7 cm³/mol. The number of amides is 2. The van der Waals surface area contributed by atoms with Crippen LogP contribution in [-0.4, -0.2) is 48.5 Å². The number of carbonyl (C=O) groups is 1. The highest BCUT2D eigenvalue weighted by molar-refractivity contribution is 7.89. The van der Waals surface area contributed by atoms with Crippen LogP contribution in [-0.2, 0) is 16.6 Å². The first-order chi connectivity index (χ1) is 9.29. The van der Waals surface area contributed by atoms with Gasteiger partial charge in [-0.1, -0.05) is 13.8 Å². The molecule has 0 spiro atoms. The van der Waals surface area contributed by atoms with Gasteiger partial charge < -0.3 is 14.8 Å². The Labute approximate surface area is 118 Å². The summed E-state index contributed by atoms with van der Waals surface area (Å²) in [5.74, 6) is 0.714. The van der Waals surface area contributed by atoms with Crippen molar-refractivity contribution in [3.63, 3.8) is 0 Å². The molecule has 0 aromatic carbocycles. The molecule has 2 rings (SSSR count). The molecule has 20 heavy (non-hydrogen) atoms. The Morgan fingerprint density at radius 3 is 2.65 bits per heavy atom. The van der Waals surface area contributed by atoms with Crippen LogP contribution in [0.1, 0.15) is 25.6 Å². The molecular formula is C11H19N5O3S. The third-order valence-electron chi connectivity index (χ3n) is 3.15. The monoisotopic (exact) mass is 301 g/mol. The number of hydrogen-bond donors (Lipinski definition) is 2. The molecule has 1 aromatic rings. The summed E-state index contributed by atoms with van der Waals surface area (Å²) >= 11 is 0. The maximum Gasteiger partial charge on any atom is 0.317 e. The van der Waals surface area contributed by atoms with Crippen molar-refractivity contribution in [1.82, 2.24) is 19.8 Å². The van der Waals surface area contributed by atoms with Crippen LogP contribution in [0, 0.1) is 0 Å². The molecule has 8 nitrogen and oxygen atoms in total. The van der Waals surface area contributed by atoms with Crippen LogP contribution in [0.4, 0.5) is 4.79 Å². The second kappa shape index (κ2) is 5.41. The predicted octanol–water partition coefficient (Wildman–Crippen LogP) is -0.321. The van der Waals surface area contributed by atoms with Crippen molar-refractivity contribution >= 4 is 16.1 Å². The second-order valence-corrected chi connectivity index (χ2v) is 6.56. The van der Waals surface area contributed by atoms with Crippen molar-refractivity contribution in [3.05, 3.63) is 12.0 Å². The van der Waals surface area contributed by atoms with Crippen LogP contribution >= 0.6 is 0 Å². The molecular weight excluding hydrogens is 282 g/mol. The zero-order valence-electron chi connectivity index (χ0n) is 11.5. The Kier molecular flexibility index (Phi) is 4.00. The van der Waals surface area contributed by atoms with E-state index in [9.17, 15) is 13.2 Å². The molecule has 0 radical (unpaired) electrons. The average molecular weight is 301 g/mol. The lowest BCUT2D eigenvalue weighted by atomic mass is 10.2. The van der Waals surface area contributed by atoms with Gasteiger partial charge in [0.25, 0.3) is 10.0 Å². The van der Waals surface area contributed by atoms with E-state index in [0.717, 1.165) is 0 Å². The number of nitrogens with two attached hydrogens (primary N) is 1. The van der Waals surface area contributed by atoms with Gasteiger partial charge in [-0.25, -0.2) is 23.3 Å². The van der Waals surface area contributed by atoms with E-state index in [1.54, 1.807) is 9.47 Å². The number of rotatable bonds is 5. The normalized spacial score (nSPS) is 16.0. The van der Waals surface area contributed by atoms with Crippen LogP contribution in [0.2, 0.25) is 0 Å². The number of urea groups is 1. The molecule has 0 aliphatic carbocycles. The number of aromatic nitrogens is 2. The molecule has 1 fully saturated rings. The minimum Gasteiger partial charge on any atom is -0.336 e. The summed E-state index contributed by atoms with van der Waals surface area (Å²) in [6.07, 6.45) is 1.43. The molecule has 1 aliphatic heterocycles. The van der Waals surface area contributed by atoms with Gasteiger partial charge in [0.05, 0.1) is 0 Å². The molecule has 0 saturated carbocycles. The van der Waals surface area contributed by atoms with E-state index < -0.39 is 10.0 Å². The Hall–Kier alpha value is -1.61. The standard InChI is InChI=1S/C11H19N5O3S/c1-8(2)10-14-9(20(12,18)19)7-16(10)6-5-15-4-3-13-11(15)17/h7-8H,3-6H2,1-2H3,(H,13,17)(H2,12,18,19). The zero-order valence-corrected chi connectivity index (χ0v) is 12.4. The Morgan fingerprint density at radius 1 is 1.45 bits per heavy atom. The third-order valence-corrected chi connectivity index (χ3v) is 3.93. The Balaban J connectivity index is 2.17. The summed E-state index contributed by atoms with van der Waals surface area (Å²) in [6, 6.07) is -0.0946. The number of imidazole rings is 1. The zero-order chi connectivity index (χ0) is 14.9. The molecule has 2 amide bonds. The van der Waals surface area contributed by atoms with Crippen LogP contribution in [0.25, 0.3) is 0 Å². The van der Waals surface area contributed by atoms with Crippen molar-refractivity contribution in [2.75, 3.05) is 19.6 Å². The number of nitrogens with one attached hydrogen (secondary N) is 1. The van der Waals surface area contributed by atoms with E-state index in [-0.39, 0.29) is 17.0 Å². The van der Waals surface area contributed by atoms with Crippen molar-refractivity contribution in [3.8, 4) is 0 Å². The van der Waals surface area contributed by atoms with Crippen molar-refractivity contribution in [1.29, 1.82) is 0 Å². The molecule has 2 heterocycles. The summed E-state index contributed by atoms with van der Waals surface area (Å²) in [6.45, 7) is 6.15. The fourth-order valence-corrected chi connectivity index (χ4v) is 2.63. The number of primary sulfonamides is 1. The van der Waals surface area contributed by atoms with E-state index in [1.165, 1.54) is 6.20 Å². The smallest absolute Gasteiger partial charge is 0.317 e. The Bertz CT molecular complexity index is 608. The average Bonchev–Trinajstić information content (AvgIpc) is 2.91. The highest BCUT2D eigenvalue weighted by Gasteiger charge is 2.21. The van der Waals surface area contributed by atoms with Gasteiger partial charge in [-0.2, -0.15) is 0 Å². The molecule has 112 valence electrons. The van der Waals surface area contributed by atoms with Crippen LogP contribution < -0.4 is 10.5 Å². The van der Waals surface area contributed by atoms with E-state index >= 15 is 0 Å². The molecule has 0 bridgehead atoms. The number of sulfonamides is 1. The van der Waals surface area contributed by atoms with Crippen LogP contribution in [0.5, 0.6) is 0 Å². The lowest BCUT2D eigenvalue weighted by molar-refractivity contribution is 0.215. The van der Waals surface area contributed by atoms with Gasteiger partial charge in [0.2, 0.25) is 0 Å². The molecule has 1 saturated heterocycles. The number of hydrogen-bond acceptors (Lipinski definition) is 4. The van der Waals surface area contributed by atoms with Gasteiger partial charge in [-0.3, -0.25) is 0 Å². The van der Waals surface area contributed by atoms with Gasteiger partial charge in [0.15, 0.2) is 5.03 Å². The minimum absolute atomic E-state index is 0.0675. The first kappa shape index (κ1) is 14.8. The second-order valence-electron chi connectivity index (χ2n) is 5.05. The summed E-state index contributed by atoms with van der Waals surface area (Å²) in [5.41, 5.74) is 0. The molecule has 3 N–H and O–H groups in total. The fraction of sp³-hybridized carbons (Fsp3) is 0.636. The van der Waals surface area contributed by atoms with Crippen molar-refractivity contribution < 1.29 is 13.2 Å². The van der Waals surface area contributed by atoms with Gasteiger partial charge >= 0.3 is 6.03 Å². The van der Waals surface area contributed by atoms with Crippen molar-refractivity contribution in [2.45, 2.75) is 31.3 Å². The maximum atomic E-state index is 11.5. The summed E-state index contributed by atoms with van der Waals surface area (Å²) in [4.78, 5) is 17.2. The van der Waals surface area contributed by atoms with Crippen LogP contribution in [0.15, 0.2) is 11.2 Å². The topological polar surface area (TPSA) is 110 Å². The summed E-state index contributed by atoms with van der Waals surface area (Å²) < 4.78 is 24.5. The SMILES string of the molecule is CC(C)c1nc(S(N)(=O)=O)cn1CCN1CCNC1=O. The number of carbonyl (C=O) groups excluding carboxylic acids is 1. The molecule has 0 atom stereocenters. The van der Waals surface area contributed by atoms with E-state index in [1.807, 2.05) is 13.8 Å². The largest absolute Gasteiger partial charge is 0.336 e. The van der Waals surface area contributed by atoms with Gasteiger partial charge in [-0.05, 0) is 0 Å². The summed E-state index contributed by atoms with van der Waals surface area (Å²) in [7, 11) is -3.81. The third kappa shape index (κ3) is 3.10. The Morgan fingerprint density at radius 2 is 2.15 bits per heavy atom. The molecule has 1 aromatic heterocycles. The molecule has 1 aliphatic rings. The quantitative estimate of drug-likeness (QED) is 0.776. The van der Waals surface area contributed by atoms with Crippen LogP contribution in [0.3, 0.4) is 0 Å². The first-order valence-corrected chi connectivity index (χ1v) is 7.96. The maximum absolute atomic E-state index is 11.5. The molecule has 9 heteroatoms. The van der Waals surface area contributed by atoms with Crippen molar-refractivity contribution in [2.24, 2.45) is 5.14 Å². The van der Waals surface area contributed by atoms with Gasteiger partial charge in [-0.15, -0.1) is 0 Å². The van der Waals surface area contributed by atoms with Gasteiger partial charge in [0.1, 0.15) is 5.82 Å². The number of nitrogens with zero attached hydrogens (tertiary/aromatic N) is 3. The van der Waals surface area contributed by atoms with E-state index in [0.29, 0.717) is 32.0 Å². The molecule has 0 unspecified atom stereocenters. The van der Waals surface area contributed by atoms with Gasteiger partial charge in [0, 0.05) is 38.3 Å². The lowest BCUT2D eigenvalue weighted by Gasteiger charge is -2.16. The fourth-order valence-electron chi connectivity index (χ4n) is 2.14. The lowest BCUT2D eigenvalue weighted by Crippen LogP contribution is -2.31. The first-order valence-electron chi connectivity index (χ1n) is 6.41. The van der Waals surface area contributed by atoms with E-state index in [2.05, 4.69) is 10.3 Å². The highest BCUT2D eigenvalue weighted by atomic mass is 32.2.